The molecule has 2 aromatic heterocycles. The van der Waals surface area contributed by atoms with E-state index in [4.69, 9.17) is 4.98 Å². The predicted octanol–water partition coefficient (Wildman–Crippen LogP) is 2.58. The zero-order chi connectivity index (χ0) is 21.4. The van der Waals surface area contributed by atoms with Gasteiger partial charge in [-0.15, -0.1) is 0 Å². The molecule has 4 heterocycles. The van der Waals surface area contributed by atoms with Gasteiger partial charge in [0.25, 0.3) is 5.56 Å². The van der Waals surface area contributed by atoms with Gasteiger partial charge in [-0.2, -0.15) is 0 Å². The number of hydrogen-bond acceptors (Lipinski definition) is 4. The Bertz CT molecular complexity index is 1160. The maximum atomic E-state index is 13.3. The average molecular weight is 420 g/mol. The van der Waals surface area contributed by atoms with Crippen molar-refractivity contribution in [2.45, 2.75) is 45.7 Å². The third kappa shape index (κ3) is 3.73. The summed E-state index contributed by atoms with van der Waals surface area (Å²) in [7, 11) is 0. The van der Waals surface area contributed by atoms with Gasteiger partial charge in [0, 0.05) is 50.5 Å². The molecule has 0 spiro atoms. The number of anilines is 1. The summed E-state index contributed by atoms with van der Waals surface area (Å²) in [5.74, 6) is 0.947. The molecule has 162 valence electrons. The number of hydrogen-bond donors (Lipinski definition) is 0. The van der Waals surface area contributed by atoms with E-state index in [1.54, 1.807) is 0 Å². The van der Waals surface area contributed by atoms with E-state index in [1.807, 2.05) is 45.2 Å². The van der Waals surface area contributed by atoms with Crippen LogP contribution in [0, 0.1) is 6.92 Å². The van der Waals surface area contributed by atoms with Crippen LogP contribution in [0.1, 0.15) is 30.8 Å². The quantitative estimate of drug-likeness (QED) is 0.655. The molecule has 2 aliphatic rings. The largest absolute Gasteiger partial charge is 0.368 e. The molecule has 0 bridgehead atoms. The first-order valence-electron chi connectivity index (χ1n) is 11.3. The van der Waals surface area contributed by atoms with Crippen molar-refractivity contribution in [2.75, 3.05) is 31.1 Å². The Hall–Kier alpha value is -3.09. The topological polar surface area (TPSA) is 63.4 Å². The number of rotatable bonds is 3. The van der Waals surface area contributed by atoms with Gasteiger partial charge in [0.15, 0.2) is 0 Å². The van der Waals surface area contributed by atoms with E-state index in [-0.39, 0.29) is 18.0 Å². The first-order chi connectivity index (χ1) is 15.1. The molecule has 1 aromatic carbocycles. The van der Waals surface area contributed by atoms with Crippen molar-refractivity contribution in [3.05, 3.63) is 58.3 Å². The van der Waals surface area contributed by atoms with E-state index in [0.717, 1.165) is 62.4 Å². The zero-order valence-corrected chi connectivity index (χ0v) is 18.1. The monoisotopic (exact) mass is 419 g/mol. The van der Waals surface area contributed by atoms with Gasteiger partial charge in [0.2, 0.25) is 5.91 Å². The first-order valence-corrected chi connectivity index (χ1v) is 11.3. The van der Waals surface area contributed by atoms with Crippen LogP contribution in [0.15, 0.2) is 41.2 Å². The Balaban J connectivity index is 1.36. The van der Waals surface area contributed by atoms with Gasteiger partial charge in [-0.1, -0.05) is 24.6 Å². The van der Waals surface area contributed by atoms with Crippen LogP contribution in [0.2, 0.25) is 0 Å². The van der Waals surface area contributed by atoms with Crippen LogP contribution < -0.4 is 10.5 Å². The van der Waals surface area contributed by atoms with E-state index in [0.29, 0.717) is 18.6 Å². The highest BCUT2D eigenvalue weighted by molar-refractivity contribution is 5.81. The molecule has 5 rings (SSSR count). The van der Waals surface area contributed by atoms with Gasteiger partial charge in [-0.05, 0) is 38.0 Å². The number of amides is 1. The van der Waals surface area contributed by atoms with Gasteiger partial charge < -0.3 is 14.4 Å². The molecule has 2 aliphatic heterocycles. The Morgan fingerprint density at radius 1 is 1.00 bits per heavy atom. The summed E-state index contributed by atoms with van der Waals surface area (Å²) in [6.45, 7) is 5.89. The fourth-order valence-electron chi connectivity index (χ4n) is 4.86. The Kier molecular flexibility index (Phi) is 5.26. The minimum Gasteiger partial charge on any atom is -0.368 e. The van der Waals surface area contributed by atoms with Crippen LogP contribution in [0.25, 0.3) is 11.0 Å². The van der Waals surface area contributed by atoms with Crippen molar-refractivity contribution in [1.29, 1.82) is 0 Å². The lowest BCUT2D eigenvalue weighted by molar-refractivity contribution is -0.132. The third-order valence-corrected chi connectivity index (χ3v) is 6.62. The van der Waals surface area contributed by atoms with Gasteiger partial charge >= 0.3 is 0 Å². The second-order valence-corrected chi connectivity index (χ2v) is 8.60. The number of benzene rings is 1. The van der Waals surface area contributed by atoms with Gasteiger partial charge in [-0.3, -0.25) is 14.2 Å². The van der Waals surface area contributed by atoms with Crippen LogP contribution in [0.3, 0.4) is 0 Å². The van der Waals surface area contributed by atoms with E-state index in [9.17, 15) is 9.59 Å². The molecular formula is C24H29N5O2. The highest BCUT2D eigenvalue weighted by Gasteiger charge is 2.24. The van der Waals surface area contributed by atoms with Gasteiger partial charge in [0.05, 0.1) is 5.52 Å². The van der Waals surface area contributed by atoms with Crippen LogP contribution in [0.5, 0.6) is 0 Å². The maximum absolute atomic E-state index is 13.3. The fraction of sp³-hybridized carbons (Fsp3) is 0.458. The number of nitrogens with zero attached hydrogens (tertiary/aromatic N) is 5. The summed E-state index contributed by atoms with van der Waals surface area (Å²) in [5, 5.41) is 0. The molecule has 0 N–H and O–H groups in total. The Labute approximate surface area is 181 Å². The van der Waals surface area contributed by atoms with Gasteiger partial charge in [0.1, 0.15) is 17.9 Å². The van der Waals surface area contributed by atoms with Crippen molar-refractivity contribution in [1.82, 2.24) is 19.0 Å². The molecular weight excluding hydrogens is 390 g/mol. The molecule has 1 saturated heterocycles. The lowest BCUT2D eigenvalue weighted by atomic mass is 10.2. The standard InChI is InChI=1S/C24H29N5O2/c1-18-16-20-23(24(31)28-11-7-3-6-10-21(28)25-20)29(18)17-22(30)27-14-12-26(13-15-27)19-8-4-2-5-9-19/h2,4-5,8-9,16H,3,6-7,10-15,17H2,1H3. The van der Waals surface area contributed by atoms with Gasteiger partial charge in [-0.25, -0.2) is 4.98 Å². The minimum absolute atomic E-state index is 0.00306. The summed E-state index contributed by atoms with van der Waals surface area (Å²) in [6, 6.07) is 12.3. The highest BCUT2D eigenvalue weighted by atomic mass is 16.2. The van der Waals surface area contributed by atoms with Crippen molar-refractivity contribution < 1.29 is 4.79 Å². The molecule has 3 aromatic rings. The molecule has 0 atom stereocenters. The Morgan fingerprint density at radius 2 is 1.77 bits per heavy atom. The summed E-state index contributed by atoms with van der Waals surface area (Å²) in [4.78, 5) is 35.4. The maximum Gasteiger partial charge on any atom is 0.278 e. The summed E-state index contributed by atoms with van der Waals surface area (Å²) >= 11 is 0. The summed E-state index contributed by atoms with van der Waals surface area (Å²) in [6.07, 6.45) is 4.05. The third-order valence-electron chi connectivity index (χ3n) is 6.62. The number of piperazine rings is 1. The second-order valence-electron chi connectivity index (χ2n) is 8.60. The number of para-hydroxylation sites is 1. The fourth-order valence-corrected chi connectivity index (χ4v) is 4.86. The first kappa shape index (κ1) is 19.8. The van der Waals surface area contributed by atoms with Crippen molar-refractivity contribution in [2.24, 2.45) is 0 Å². The number of fused-ring (bicyclic) bond motifs is 2. The normalized spacial score (nSPS) is 16.9. The highest BCUT2D eigenvalue weighted by Crippen LogP contribution is 2.20. The van der Waals surface area contributed by atoms with Crippen LogP contribution in [-0.2, 0) is 24.3 Å². The molecule has 0 unspecified atom stereocenters. The number of aryl methyl sites for hydroxylation is 2. The lowest BCUT2D eigenvalue weighted by Crippen LogP contribution is -2.49. The molecule has 0 radical (unpaired) electrons. The number of carbonyl (C=O) groups is 1. The van der Waals surface area contributed by atoms with E-state index >= 15 is 0 Å². The molecule has 0 aliphatic carbocycles. The molecule has 1 fully saturated rings. The van der Waals surface area contributed by atoms with Crippen LogP contribution in [0.4, 0.5) is 5.69 Å². The number of aromatic nitrogens is 3. The minimum atomic E-state index is -0.00306. The molecule has 7 heteroatoms. The SMILES string of the molecule is Cc1cc2nc3n(c(=O)c2n1CC(=O)N1CCN(c2ccccc2)CC1)CCCCC3. The van der Waals surface area contributed by atoms with Crippen molar-refractivity contribution in [3.8, 4) is 0 Å². The number of carbonyl (C=O) groups excluding carboxylic acids is 1. The predicted molar refractivity (Wildman–Crippen MR) is 122 cm³/mol. The second kappa shape index (κ2) is 8.21. The summed E-state index contributed by atoms with van der Waals surface area (Å²) in [5.41, 5.74) is 3.40. The smallest absolute Gasteiger partial charge is 0.278 e. The van der Waals surface area contributed by atoms with E-state index in [2.05, 4.69) is 17.0 Å². The van der Waals surface area contributed by atoms with Crippen molar-refractivity contribution in [3.63, 3.8) is 0 Å². The molecule has 7 nitrogen and oxygen atoms in total. The Morgan fingerprint density at radius 3 is 2.55 bits per heavy atom. The van der Waals surface area contributed by atoms with E-state index < -0.39 is 0 Å². The van der Waals surface area contributed by atoms with Crippen molar-refractivity contribution >= 4 is 22.6 Å². The van der Waals surface area contributed by atoms with Crippen LogP contribution in [-0.4, -0.2) is 51.1 Å². The summed E-state index contributed by atoms with van der Waals surface area (Å²) < 4.78 is 3.70. The lowest BCUT2D eigenvalue weighted by Gasteiger charge is -2.36. The van der Waals surface area contributed by atoms with Crippen LogP contribution >= 0.6 is 0 Å². The van der Waals surface area contributed by atoms with E-state index in [1.165, 1.54) is 5.69 Å². The molecule has 31 heavy (non-hydrogen) atoms. The molecule has 1 amide bonds. The average Bonchev–Trinajstić information content (AvgIpc) is 2.95. The zero-order valence-electron chi connectivity index (χ0n) is 18.1. The molecule has 0 saturated carbocycles.